The van der Waals surface area contributed by atoms with Gasteiger partial charge in [0.2, 0.25) is 5.91 Å². The molecule has 1 aromatic carbocycles. The van der Waals surface area contributed by atoms with E-state index in [4.69, 9.17) is 14.5 Å². The Morgan fingerprint density at radius 1 is 0.977 bits per heavy atom. The van der Waals surface area contributed by atoms with Crippen molar-refractivity contribution in [2.75, 3.05) is 50.8 Å². The van der Waals surface area contributed by atoms with Crippen LogP contribution in [0, 0.1) is 0 Å². The Labute approximate surface area is 263 Å². The summed E-state index contributed by atoms with van der Waals surface area (Å²) in [6.45, 7) is 10.7. The highest BCUT2D eigenvalue weighted by molar-refractivity contribution is 7.19. The number of piperazine rings is 1. The van der Waals surface area contributed by atoms with E-state index >= 15 is 0 Å². The summed E-state index contributed by atoms with van der Waals surface area (Å²) in [6.07, 6.45) is 3.46. The van der Waals surface area contributed by atoms with Crippen molar-refractivity contribution in [3.63, 3.8) is 0 Å². The summed E-state index contributed by atoms with van der Waals surface area (Å²) in [5.74, 6) is -1.20. The lowest BCUT2D eigenvalue weighted by molar-refractivity contribution is -0.155. The largest absolute Gasteiger partial charge is 0.460 e. The Bertz CT molecular complexity index is 1280. The van der Waals surface area contributed by atoms with Crippen LogP contribution in [0.1, 0.15) is 76.7 Å². The minimum atomic E-state index is -0.966. The fraction of sp³-hybridized carbons (Fsp3) is 0.594. The zero-order chi connectivity index (χ0) is 31.7. The quantitative estimate of drug-likeness (QED) is 0.281. The predicted octanol–water partition coefficient (Wildman–Crippen LogP) is 4.71. The van der Waals surface area contributed by atoms with E-state index in [0.717, 1.165) is 54.3 Å². The molecule has 12 heteroatoms. The van der Waals surface area contributed by atoms with Crippen molar-refractivity contribution in [2.24, 2.45) is 0 Å². The third-order valence-corrected chi connectivity index (χ3v) is 8.64. The molecule has 240 valence electrons. The Morgan fingerprint density at radius 3 is 2.27 bits per heavy atom. The van der Waals surface area contributed by atoms with Gasteiger partial charge in [0, 0.05) is 51.3 Å². The smallest absolute Gasteiger partial charge is 0.409 e. The van der Waals surface area contributed by atoms with Gasteiger partial charge < -0.3 is 29.5 Å². The number of thiazole rings is 1. The van der Waals surface area contributed by atoms with Gasteiger partial charge in [0.25, 0.3) is 5.91 Å². The molecule has 4 rings (SSSR count). The summed E-state index contributed by atoms with van der Waals surface area (Å²) in [4.78, 5) is 62.8. The highest BCUT2D eigenvalue weighted by atomic mass is 32.1. The maximum absolute atomic E-state index is 13.9. The molecule has 2 aliphatic rings. The number of aromatic nitrogens is 1. The van der Waals surface area contributed by atoms with E-state index in [-0.39, 0.29) is 30.5 Å². The molecule has 0 aliphatic carbocycles. The molecule has 1 N–H and O–H groups in total. The Balaban J connectivity index is 1.50. The third kappa shape index (κ3) is 9.17. The summed E-state index contributed by atoms with van der Waals surface area (Å²) in [6, 6.07) is 8.75. The van der Waals surface area contributed by atoms with Gasteiger partial charge in [0.05, 0.1) is 6.61 Å². The highest BCUT2D eigenvalue weighted by Gasteiger charge is 2.33. The van der Waals surface area contributed by atoms with Crippen LogP contribution < -0.4 is 10.2 Å². The summed E-state index contributed by atoms with van der Waals surface area (Å²) >= 11 is 1.47. The molecular weight excluding hydrogens is 582 g/mol. The number of nitrogens with one attached hydrogen (secondary N) is 1. The van der Waals surface area contributed by atoms with Gasteiger partial charge in [-0.1, -0.05) is 55.0 Å². The average molecular weight is 628 g/mol. The number of amides is 3. The number of carbonyl (C=O) groups excluding carboxylic acids is 4. The SMILES string of the molecule is CCCCOC(=O)N1CCN(C(=O)C(CCC(=O)OC(C)(C)C)NC(=O)c2nc(-c3ccccc3)sc2N2CCCC2)CC1. The molecule has 2 fully saturated rings. The average Bonchev–Trinajstić information content (AvgIpc) is 3.69. The van der Waals surface area contributed by atoms with Crippen LogP contribution in [0.5, 0.6) is 0 Å². The molecule has 1 aromatic heterocycles. The standard InChI is InChI=1S/C32H45N5O6S/c1-5-6-22-42-31(41)37-20-18-35(19-21-37)29(40)24(14-15-25(38)43-32(2,3)4)33-27(39)26-30(36-16-10-11-17-36)44-28(34-26)23-12-8-7-9-13-23/h7-9,12-13,24H,5-6,10-11,14-22H2,1-4H3,(H,33,39). The predicted molar refractivity (Wildman–Crippen MR) is 170 cm³/mol. The van der Waals surface area contributed by atoms with Crippen LogP contribution in [0.2, 0.25) is 0 Å². The third-order valence-electron chi connectivity index (χ3n) is 7.47. The number of benzene rings is 1. The number of hydrogen-bond acceptors (Lipinski definition) is 9. The summed E-state index contributed by atoms with van der Waals surface area (Å²) in [5, 5.41) is 4.44. The molecule has 1 atom stereocenters. The maximum Gasteiger partial charge on any atom is 0.409 e. The normalized spacial score (nSPS) is 16.0. The molecule has 0 saturated carbocycles. The Kier molecular flexibility index (Phi) is 11.6. The minimum Gasteiger partial charge on any atom is -0.460 e. The van der Waals surface area contributed by atoms with E-state index in [0.29, 0.717) is 32.8 Å². The first-order valence-corrected chi connectivity index (χ1v) is 16.4. The molecule has 0 spiro atoms. The molecule has 3 amide bonds. The Morgan fingerprint density at radius 2 is 1.64 bits per heavy atom. The fourth-order valence-corrected chi connectivity index (χ4v) is 6.28. The minimum absolute atomic E-state index is 0.0387. The van der Waals surface area contributed by atoms with E-state index in [1.165, 1.54) is 11.3 Å². The second-order valence-corrected chi connectivity index (χ2v) is 13.1. The van der Waals surface area contributed by atoms with Crippen molar-refractivity contribution in [3.05, 3.63) is 36.0 Å². The van der Waals surface area contributed by atoms with Crippen LogP contribution in [0.15, 0.2) is 30.3 Å². The van der Waals surface area contributed by atoms with E-state index in [1.807, 2.05) is 37.3 Å². The second kappa shape index (κ2) is 15.4. The molecule has 1 unspecified atom stereocenters. The van der Waals surface area contributed by atoms with Crippen LogP contribution in [-0.4, -0.2) is 96.2 Å². The van der Waals surface area contributed by atoms with Crippen molar-refractivity contribution in [3.8, 4) is 10.6 Å². The van der Waals surface area contributed by atoms with Crippen molar-refractivity contribution < 1.29 is 28.7 Å². The van der Waals surface area contributed by atoms with Gasteiger partial charge >= 0.3 is 12.1 Å². The molecule has 2 aliphatic heterocycles. The van der Waals surface area contributed by atoms with Crippen molar-refractivity contribution in [2.45, 2.75) is 77.9 Å². The summed E-state index contributed by atoms with van der Waals surface area (Å²) in [5.41, 5.74) is 0.534. The van der Waals surface area contributed by atoms with E-state index in [2.05, 4.69) is 10.2 Å². The zero-order valence-corrected chi connectivity index (χ0v) is 27.1. The lowest BCUT2D eigenvalue weighted by Gasteiger charge is -2.36. The molecular formula is C32H45N5O6S. The number of hydrogen-bond donors (Lipinski definition) is 1. The molecule has 44 heavy (non-hydrogen) atoms. The first-order valence-electron chi connectivity index (χ1n) is 15.6. The molecule has 2 aromatic rings. The van der Waals surface area contributed by atoms with Gasteiger partial charge in [0.1, 0.15) is 21.7 Å². The molecule has 3 heterocycles. The van der Waals surface area contributed by atoms with Gasteiger partial charge in [-0.3, -0.25) is 14.4 Å². The first-order chi connectivity index (χ1) is 21.1. The number of esters is 1. The number of rotatable bonds is 11. The van der Waals surface area contributed by atoms with E-state index in [9.17, 15) is 19.2 Å². The van der Waals surface area contributed by atoms with Crippen molar-refractivity contribution in [1.82, 2.24) is 20.1 Å². The first kappa shape index (κ1) is 33.2. The van der Waals surface area contributed by atoms with Crippen molar-refractivity contribution in [1.29, 1.82) is 0 Å². The number of ether oxygens (including phenoxy) is 2. The number of anilines is 1. The lowest BCUT2D eigenvalue weighted by atomic mass is 10.1. The van der Waals surface area contributed by atoms with Gasteiger partial charge in [-0.05, 0) is 46.5 Å². The second-order valence-electron chi connectivity index (χ2n) is 12.2. The van der Waals surface area contributed by atoms with E-state index < -0.39 is 23.5 Å². The monoisotopic (exact) mass is 627 g/mol. The molecule has 2 saturated heterocycles. The van der Waals surface area contributed by atoms with Gasteiger partial charge in [-0.15, -0.1) is 0 Å². The molecule has 0 radical (unpaired) electrons. The zero-order valence-electron chi connectivity index (χ0n) is 26.3. The van der Waals surface area contributed by atoms with Crippen LogP contribution in [0.4, 0.5) is 9.80 Å². The van der Waals surface area contributed by atoms with Crippen LogP contribution >= 0.6 is 11.3 Å². The Hall–Kier alpha value is -3.67. The van der Waals surface area contributed by atoms with Crippen molar-refractivity contribution >= 4 is 40.2 Å². The van der Waals surface area contributed by atoms with E-state index in [1.54, 1.807) is 30.6 Å². The molecule has 11 nitrogen and oxygen atoms in total. The van der Waals surface area contributed by atoms with Gasteiger partial charge in [0.15, 0.2) is 5.69 Å². The van der Waals surface area contributed by atoms with Crippen LogP contribution in [0.3, 0.4) is 0 Å². The van der Waals surface area contributed by atoms with Gasteiger partial charge in [-0.2, -0.15) is 0 Å². The van der Waals surface area contributed by atoms with Crippen LogP contribution in [0.25, 0.3) is 10.6 Å². The summed E-state index contributed by atoms with van der Waals surface area (Å²) < 4.78 is 10.8. The summed E-state index contributed by atoms with van der Waals surface area (Å²) in [7, 11) is 0. The number of carbonyl (C=O) groups is 4. The number of unbranched alkanes of at least 4 members (excludes halogenated alkanes) is 1. The van der Waals surface area contributed by atoms with Crippen LogP contribution in [-0.2, 0) is 19.1 Å². The highest BCUT2D eigenvalue weighted by Crippen LogP contribution is 2.36. The van der Waals surface area contributed by atoms with Gasteiger partial charge in [-0.25, -0.2) is 9.78 Å². The fourth-order valence-electron chi connectivity index (χ4n) is 5.16. The number of nitrogens with zero attached hydrogens (tertiary/aromatic N) is 4. The lowest BCUT2D eigenvalue weighted by Crippen LogP contribution is -2.56. The maximum atomic E-state index is 13.9. The molecule has 0 bridgehead atoms. The topological polar surface area (TPSA) is 121 Å².